The molecule has 0 aliphatic carbocycles. The molecule has 0 unspecified atom stereocenters. The maximum atomic E-state index is 5.16. The van der Waals surface area contributed by atoms with E-state index in [9.17, 15) is 0 Å². The van der Waals surface area contributed by atoms with Gasteiger partial charge in [0.15, 0.2) is 0 Å². The molecule has 0 aliphatic rings. The molecule has 1 aromatic carbocycles. The van der Waals surface area contributed by atoms with E-state index < -0.39 is 0 Å². The summed E-state index contributed by atoms with van der Waals surface area (Å²) in [5.41, 5.74) is 1.14. The maximum absolute atomic E-state index is 5.16. The van der Waals surface area contributed by atoms with Crippen LogP contribution >= 0.6 is 0 Å². The van der Waals surface area contributed by atoms with E-state index in [0.717, 1.165) is 24.3 Å². The average Bonchev–Trinajstić information content (AvgIpc) is 2.88. The summed E-state index contributed by atoms with van der Waals surface area (Å²) in [6.45, 7) is 0.848. The molecule has 1 heterocycles. The van der Waals surface area contributed by atoms with Gasteiger partial charge < -0.3 is 4.74 Å². The molecule has 4 nitrogen and oxygen atoms in total. The summed E-state index contributed by atoms with van der Waals surface area (Å²) in [4.78, 5) is 3.89. The van der Waals surface area contributed by atoms with E-state index >= 15 is 0 Å². The number of hydrogen-bond acceptors (Lipinski definition) is 3. The summed E-state index contributed by atoms with van der Waals surface area (Å²) in [6, 6.07) is 7.98. The summed E-state index contributed by atoms with van der Waals surface area (Å²) in [5.74, 6) is 0.878. The van der Waals surface area contributed by atoms with Gasteiger partial charge in [-0.3, -0.25) is 4.68 Å². The predicted octanol–water partition coefficient (Wildman–Crippen LogP) is 2.39. The Morgan fingerprint density at radius 2 is 2.35 bits per heavy atom. The third-order valence-corrected chi connectivity index (χ3v) is 2.40. The average molecular weight is 229 g/mol. The molecular weight excluding hydrogens is 214 g/mol. The zero-order chi connectivity index (χ0) is 11.9. The Morgan fingerprint density at radius 3 is 3.12 bits per heavy atom. The van der Waals surface area contributed by atoms with Crippen molar-refractivity contribution in [3.8, 4) is 5.75 Å². The summed E-state index contributed by atoms with van der Waals surface area (Å²) in [5, 5.41) is 4.04. The van der Waals surface area contributed by atoms with Gasteiger partial charge in [-0.1, -0.05) is 24.3 Å². The van der Waals surface area contributed by atoms with Crippen LogP contribution in [0.25, 0.3) is 6.08 Å². The van der Waals surface area contributed by atoms with Crippen LogP contribution in [0.1, 0.15) is 12.0 Å². The van der Waals surface area contributed by atoms with Crippen molar-refractivity contribution < 1.29 is 4.74 Å². The van der Waals surface area contributed by atoms with Gasteiger partial charge in [-0.15, -0.1) is 0 Å². The van der Waals surface area contributed by atoms with E-state index in [1.54, 1.807) is 19.8 Å². The van der Waals surface area contributed by atoms with Crippen molar-refractivity contribution in [1.82, 2.24) is 14.8 Å². The zero-order valence-electron chi connectivity index (χ0n) is 9.78. The Kier molecular flexibility index (Phi) is 3.91. The van der Waals surface area contributed by atoms with Gasteiger partial charge in [0.25, 0.3) is 0 Å². The number of allylic oxidation sites excluding steroid dienone is 1. The second kappa shape index (κ2) is 5.84. The van der Waals surface area contributed by atoms with Crippen molar-refractivity contribution in [3.05, 3.63) is 48.6 Å². The van der Waals surface area contributed by atoms with Gasteiger partial charge in [-0.05, 0) is 24.1 Å². The van der Waals surface area contributed by atoms with Gasteiger partial charge >= 0.3 is 0 Å². The molecule has 1 aromatic heterocycles. The van der Waals surface area contributed by atoms with Crippen molar-refractivity contribution in [3.63, 3.8) is 0 Å². The molecule has 0 atom stereocenters. The lowest BCUT2D eigenvalue weighted by atomic mass is 10.2. The van der Waals surface area contributed by atoms with Crippen LogP contribution in [0.5, 0.6) is 5.75 Å². The number of hydrogen-bond donors (Lipinski definition) is 0. The molecule has 0 radical (unpaired) electrons. The number of aryl methyl sites for hydroxylation is 1. The number of ether oxygens (including phenoxy) is 1. The number of benzene rings is 1. The molecule has 0 amide bonds. The minimum absolute atomic E-state index is 0.848. The van der Waals surface area contributed by atoms with Crippen molar-refractivity contribution in [2.45, 2.75) is 13.0 Å². The topological polar surface area (TPSA) is 39.9 Å². The molecule has 4 heteroatoms. The van der Waals surface area contributed by atoms with Crippen molar-refractivity contribution >= 4 is 6.08 Å². The minimum atomic E-state index is 0.848. The summed E-state index contributed by atoms with van der Waals surface area (Å²) >= 11 is 0. The Bertz CT molecular complexity index is 477. The Morgan fingerprint density at radius 1 is 1.41 bits per heavy atom. The zero-order valence-corrected chi connectivity index (χ0v) is 9.78. The molecule has 2 rings (SSSR count). The highest BCUT2D eigenvalue weighted by Crippen LogP contribution is 2.13. The first-order chi connectivity index (χ1) is 8.38. The Labute approximate surface area is 101 Å². The molecule has 0 fully saturated rings. The molecule has 0 saturated carbocycles. The fourth-order valence-electron chi connectivity index (χ4n) is 1.52. The van der Waals surface area contributed by atoms with Gasteiger partial charge in [-0.25, -0.2) is 4.98 Å². The quantitative estimate of drug-likeness (QED) is 0.790. The van der Waals surface area contributed by atoms with E-state index in [4.69, 9.17) is 4.74 Å². The van der Waals surface area contributed by atoms with Crippen molar-refractivity contribution in [1.29, 1.82) is 0 Å². The van der Waals surface area contributed by atoms with Crippen LogP contribution in [0.2, 0.25) is 0 Å². The molecule has 0 N–H and O–H groups in total. The van der Waals surface area contributed by atoms with Crippen LogP contribution in [0, 0.1) is 0 Å². The summed E-state index contributed by atoms with van der Waals surface area (Å²) in [6.07, 6.45) is 8.40. The number of methoxy groups -OCH3 is 1. The lowest BCUT2D eigenvalue weighted by Gasteiger charge is -2.00. The second-order valence-corrected chi connectivity index (χ2v) is 3.63. The molecule has 17 heavy (non-hydrogen) atoms. The van der Waals surface area contributed by atoms with Gasteiger partial charge in [0.1, 0.15) is 18.4 Å². The van der Waals surface area contributed by atoms with Crippen LogP contribution in [-0.4, -0.2) is 21.9 Å². The van der Waals surface area contributed by atoms with Crippen LogP contribution in [0.4, 0.5) is 0 Å². The molecular formula is C13H15N3O. The van der Waals surface area contributed by atoms with E-state index in [2.05, 4.69) is 28.3 Å². The van der Waals surface area contributed by atoms with E-state index in [0.29, 0.717) is 0 Å². The number of rotatable bonds is 5. The van der Waals surface area contributed by atoms with E-state index in [1.165, 1.54) is 0 Å². The van der Waals surface area contributed by atoms with Crippen LogP contribution < -0.4 is 4.74 Å². The van der Waals surface area contributed by atoms with Crippen LogP contribution in [0.3, 0.4) is 0 Å². The van der Waals surface area contributed by atoms with Gasteiger partial charge in [0.05, 0.1) is 7.11 Å². The van der Waals surface area contributed by atoms with Crippen LogP contribution in [-0.2, 0) is 6.54 Å². The third-order valence-electron chi connectivity index (χ3n) is 2.40. The fourth-order valence-corrected chi connectivity index (χ4v) is 1.52. The highest BCUT2D eigenvalue weighted by Gasteiger charge is 1.91. The van der Waals surface area contributed by atoms with Crippen LogP contribution in [0.15, 0.2) is 43.0 Å². The number of aromatic nitrogens is 3. The molecule has 0 spiro atoms. The highest BCUT2D eigenvalue weighted by atomic mass is 16.5. The first kappa shape index (κ1) is 11.4. The molecule has 0 bridgehead atoms. The van der Waals surface area contributed by atoms with Gasteiger partial charge in [0, 0.05) is 6.54 Å². The third kappa shape index (κ3) is 3.45. The maximum Gasteiger partial charge on any atom is 0.137 e. The highest BCUT2D eigenvalue weighted by molar-refractivity contribution is 5.51. The molecule has 0 saturated heterocycles. The number of nitrogens with zero attached hydrogens (tertiary/aromatic N) is 3. The fraction of sp³-hybridized carbons (Fsp3) is 0.231. The monoisotopic (exact) mass is 229 g/mol. The van der Waals surface area contributed by atoms with Crippen molar-refractivity contribution in [2.24, 2.45) is 0 Å². The smallest absolute Gasteiger partial charge is 0.137 e. The summed E-state index contributed by atoms with van der Waals surface area (Å²) in [7, 11) is 1.67. The summed E-state index contributed by atoms with van der Waals surface area (Å²) < 4.78 is 6.98. The first-order valence-corrected chi connectivity index (χ1v) is 5.51. The lowest BCUT2D eigenvalue weighted by Crippen LogP contribution is -1.96. The molecule has 0 aliphatic heterocycles. The second-order valence-electron chi connectivity index (χ2n) is 3.63. The predicted molar refractivity (Wildman–Crippen MR) is 66.7 cm³/mol. The van der Waals surface area contributed by atoms with E-state index in [1.807, 2.05) is 22.9 Å². The Hall–Kier alpha value is -2.10. The molecule has 2 aromatic rings. The minimum Gasteiger partial charge on any atom is -0.497 e. The first-order valence-electron chi connectivity index (χ1n) is 5.51. The van der Waals surface area contributed by atoms with Crippen molar-refractivity contribution in [2.75, 3.05) is 7.11 Å². The normalized spacial score (nSPS) is 10.9. The van der Waals surface area contributed by atoms with Gasteiger partial charge in [0.2, 0.25) is 0 Å². The largest absolute Gasteiger partial charge is 0.497 e. The van der Waals surface area contributed by atoms with E-state index in [-0.39, 0.29) is 0 Å². The lowest BCUT2D eigenvalue weighted by molar-refractivity contribution is 0.414. The van der Waals surface area contributed by atoms with Gasteiger partial charge in [-0.2, -0.15) is 5.10 Å². The molecule has 88 valence electrons. The SMILES string of the molecule is COc1cccc(C=CCCn2cncn2)c1. The standard InChI is InChI=1S/C13H15N3O/c1-17-13-7-4-6-12(9-13)5-2-3-8-16-11-14-10-15-16/h2,4-7,9-11H,3,8H2,1H3. The Balaban J connectivity index is 1.87.